The van der Waals surface area contributed by atoms with Crippen molar-refractivity contribution in [1.82, 2.24) is 0 Å². The van der Waals surface area contributed by atoms with E-state index in [0.29, 0.717) is 5.75 Å². The van der Waals surface area contributed by atoms with Crippen LogP contribution in [-0.4, -0.2) is 5.11 Å². The summed E-state index contributed by atoms with van der Waals surface area (Å²) in [7, 11) is 0. The van der Waals surface area contributed by atoms with Crippen LogP contribution in [0.4, 0.5) is 0 Å². The highest BCUT2D eigenvalue weighted by atomic mass is 32.2. The summed E-state index contributed by atoms with van der Waals surface area (Å²) in [6.07, 6.45) is 0.838. The standard InChI is InChI=1S/C14H12OS/c15-13-6-3-7-14-12(13)8-10-4-1-2-5-11(10)9-16-14/h1-7,15H,8-9H2. The second kappa shape index (κ2) is 3.87. The molecule has 1 aliphatic heterocycles. The van der Waals surface area contributed by atoms with E-state index < -0.39 is 0 Å². The zero-order valence-corrected chi connectivity index (χ0v) is 9.63. The third-order valence-corrected chi connectivity index (χ3v) is 4.13. The van der Waals surface area contributed by atoms with Gasteiger partial charge in [0.05, 0.1) is 0 Å². The summed E-state index contributed by atoms with van der Waals surface area (Å²) in [6, 6.07) is 14.2. The zero-order chi connectivity index (χ0) is 11.0. The maximum atomic E-state index is 9.89. The molecule has 0 fully saturated rings. The lowest BCUT2D eigenvalue weighted by atomic mass is 10.0. The van der Waals surface area contributed by atoms with Gasteiger partial charge < -0.3 is 5.11 Å². The maximum Gasteiger partial charge on any atom is 0.120 e. The summed E-state index contributed by atoms with van der Waals surface area (Å²) in [6.45, 7) is 0. The molecule has 0 saturated heterocycles. The summed E-state index contributed by atoms with van der Waals surface area (Å²) in [5.74, 6) is 1.41. The summed E-state index contributed by atoms with van der Waals surface area (Å²) in [5, 5.41) is 9.89. The van der Waals surface area contributed by atoms with E-state index in [-0.39, 0.29) is 0 Å². The van der Waals surface area contributed by atoms with Crippen molar-refractivity contribution in [2.24, 2.45) is 0 Å². The van der Waals surface area contributed by atoms with Gasteiger partial charge in [-0.15, -0.1) is 11.8 Å². The average Bonchev–Trinajstić information content (AvgIpc) is 2.50. The molecule has 2 heteroatoms. The Bertz CT molecular complexity index is 534. The van der Waals surface area contributed by atoms with Crippen molar-refractivity contribution in [3.05, 3.63) is 59.2 Å². The van der Waals surface area contributed by atoms with Crippen molar-refractivity contribution in [2.45, 2.75) is 17.1 Å². The van der Waals surface area contributed by atoms with Gasteiger partial charge in [0.1, 0.15) is 5.75 Å². The van der Waals surface area contributed by atoms with Crippen LogP contribution >= 0.6 is 11.8 Å². The van der Waals surface area contributed by atoms with Gasteiger partial charge in [-0.25, -0.2) is 0 Å². The summed E-state index contributed by atoms with van der Waals surface area (Å²) < 4.78 is 0. The molecule has 0 unspecified atom stereocenters. The molecule has 0 amide bonds. The summed E-state index contributed by atoms with van der Waals surface area (Å²) >= 11 is 1.81. The van der Waals surface area contributed by atoms with Crippen LogP contribution in [0.2, 0.25) is 0 Å². The quantitative estimate of drug-likeness (QED) is 0.743. The molecule has 0 aliphatic carbocycles. The van der Waals surface area contributed by atoms with Gasteiger partial charge >= 0.3 is 0 Å². The fraction of sp³-hybridized carbons (Fsp3) is 0.143. The van der Waals surface area contributed by atoms with Gasteiger partial charge in [-0.2, -0.15) is 0 Å². The number of rotatable bonds is 0. The minimum atomic E-state index is 0.418. The molecule has 1 N–H and O–H groups in total. The molecule has 3 rings (SSSR count). The molecule has 16 heavy (non-hydrogen) atoms. The van der Waals surface area contributed by atoms with Gasteiger partial charge in [0, 0.05) is 22.6 Å². The third kappa shape index (κ3) is 1.59. The first-order valence-corrected chi connectivity index (χ1v) is 6.33. The second-order valence-electron chi connectivity index (χ2n) is 3.99. The van der Waals surface area contributed by atoms with Crippen molar-refractivity contribution < 1.29 is 5.11 Å². The Labute approximate surface area is 99.1 Å². The minimum Gasteiger partial charge on any atom is -0.508 e. The lowest BCUT2D eigenvalue weighted by Crippen LogP contribution is -1.91. The highest BCUT2D eigenvalue weighted by molar-refractivity contribution is 7.98. The van der Waals surface area contributed by atoms with E-state index in [0.717, 1.165) is 17.7 Å². The highest BCUT2D eigenvalue weighted by Crippen LogP contribution is 2.37. The molecule has 2 aromatic carbocycles. The van der Waals surface area contributed by atoms with Crippen LogP contribution in [0.25, 0.3) is 0 Å². The smallest absolute Gasteiger partial charge is 0.120 e. The first-order chi connectivity index (χ1) is 7.84. The summed E-state index contributed by atoms with van der Waals surface area (Å²) in [5.41, 5.74) is 3.77. The number of thioether (sulfide) groups is 1. The predicted octanol–water partition coefficient (Wildman–Crippen LogP) is 3.59. The van der Waals surface area contributed by atoms with Gasteiger partial charge in [0.25, 0.3) is 0 Å². The van der Waals surface area contributed by atoms with E-state index in [4.69, 9.17) is 0 Å². The number of phenols is 1. The molecular formula is C14H12OS. The van der Waals surface area contributed by atoms with E-state index in [1.165, 1.54) is 16.0 Å². The van der Waals surface area contributed by atoms with E-state index in [1.54, 1.807) is 17.8 Å². The molecule has 0 saturated carbocycles. The van der Waals surface area contributed by atoms with Crippen LogP contribution in [0.15, 0.2) is 47.4 Å². The Morgan fingerprint density at radius 1 is 0.938 bits per heavy atom. The largest absolute Gasteiger partial charge is 0.508 e. The molecule has 0 atom stereocenters. The number of hydrogen-bond acceptors (Lipinski definition) is 2. The molecule has 1 heterocycles. The van der Waals surface area contributed by atoms with Gasteiger partial charge in [0.2, 0.25) is 0 Å². The number of benzene rings is 2. The van der Waals surface area contributed by atoms with Crippen LogP contribution in [0, 0.1) is 0 Å². The van der Waals surface area contributed by atoms with Crippen molar-refractivity contribution >= 4 is 11.8 Å². The number of hydrogen-bond donors (Lipinski definition) is 1. The van der Waals surface area contributed by atoms with Crippen LogP contribution in [0.1, 0.15) is 16.7 Å². The fourth-order valence-electron chi connectivity index (χ4n) is 2.08. The molecule has 0 spiro atoms. The summed E-state index contributed by atoms with van der Waals surface area (Å²) in [4.78, 5) is 1.20. The van der Waals surface area contributed by atoms with Crippen LogP contribution in [0.3, 0.4) is 0 Å². The predicted molar refractivity (Wildman–Crippen MR) is 66.9 cm³/mol. The van der Waals surface area contributed by atoms with Gasteiger partial charge in [-0.1, -0.05) is 30.3 Å². The molecule has 1 aliphatic rings. The third-order valence-electron chi connectivity index (χ3n) is 2.98. The van der Waals surface area contributed by atoms with Crippen LogP contribution < -0.4 is 0 Å². The Hall–Kier alpha value is -1.41. The Kier molecular flexibility index (Phi) is 2.37. The number of phenolic OH excluding ortho intramolecular Hbond substituents is 1. The second-order valence-corrected chi connectivity index (χ2v) is 5.01. The Morgan fingerprint density at radius 2 is 1.75 bits per heavy atom. The van der Waals surface area contributed by atoms with E-state index in [2.05, 4.69) is 30.3 Å². The van der Waals surface area contributed by atoms with Crippen LogP contribution in [0.5, 0.6) is 5.75 Å². The first-order valence-electron chi connectivity index (χ1n) is 5.35. The lowest BCUT2D eigenvalue weighted by molar-refractivity contribution is 0.467. The van der Waals surface area contributed by atoms with E-state index in [1.807, 2.05) is 6.07 Å². The van der Waals surface area contributed by atoms with Gasteiger partial charge in [0.15, 0.2) is 0 Å². The molecule has 0 bridgehead atoms. The Balaban J connectivity index is 2.13. The normalized spacial score (nSPS) is 13.8. The Morgan fingerprint density at radius 3 is 2.62 bits per heavy atom. The fourth-order valence-corrected chi connectivity index (χ4v) is 3.20. The molecule has 0 aromatic heterocycles. The first kappa shape index (κ1) is 9.79. The average molecular weight is 228 g/mol. The lowest BCUT2D eigenvalue weighted by Gasteiger charge is -2.07. The topological polar surface area (TPSA) is 20.2 Å². The SMILES string of the molecule is Oc1cccc2c1Cc1ccccc1CS2. The highest BCUT2D eigenvalue weighted by Gasteiger charge is 2.15. The number of fused-ring (bicyclic) bond motifs is 2. The zero-order valence-electron chi connectivity index (χ0n) is 8.81. The van der Waals surface area contributed by atoms with Gasteiger partial charge in [-0.3, -0.25) is 0 Å². The van der Waals surface area contributed by atoms with E-state index in [9.17, 15) is 5.11 Å². The monoisotopic (exact) mass is 228 g/mol. The van der Waals surface area contributed by atoms with Crippen molar-refractivity contribution in [3.8, 4) is 5.75 Å². The molecule has 1 nitrogen and oxygen atoms in total. The molecule has 2 aromatic rings. The molecule has 80 valence electrons. The van der Waals surface area contributed by atoms with Crippen molar-refractivity contribution in [3.63, 3.8) is 0 Å². The molecular weight excluding hydrogens is 216 g/mol. The van der Waals surface area contributed by atoms with Crippen LogP contribution in [-0.2, 0) is 12.2 Å². The van der Waals surface area contributed by atoms with Crippen molar-refractivity contribution in [2.75, 3.05) is 0 Å². The van der Waals surface area contributed by atoms with Crippen molar-refractivity contribution in [1.29, 1.82) is 0 Å². The minimum absolute atomic E-state index is 0.418. The molecule has 0 radical (unpaired) electrons. The van der Waals surface area contributed by atoms with Gasteiger partial charge in [-0.05, 0) is 23.3 Å². The van der Waals surface area contributed by atoms with E-state index >= 15 is 0 Å². The maximum absolute atomic E-state index is 9.89. The number of aromatic hydroxyl groups is 1.